The van der Waals surface area contributed by atoms with E-state index in [1.807, 2.05) is 13.8 Å². The van der Waals surface area contributed by atoms with Crippen LogP contribution in [0.5, 0.6) is 0 Å². The summed E-state index contributed by atoms with van der Waals surface area (Å²) in [4.78, 5) is 8.05. The van der Waals surface area contributed by atoms with Gasteiger partial charge in [-0.05, 0) is 26.7 Å². The van der Waals surface area contributed by atoms with E-state index in [4.69, 9.17) is 5.73 Å². The molecule has 2 N–H and O–H groups in total. The van der Waals surface area contributed by atoms with Crippen LogP contribution in [0.1, 0.15) is 36.4 Å². The van der Waals surface area contributed by atoms with Crippen molar-refractivity contribution in [2.75, 3.05) is 11.9 Å². The van der Waals surface area contributed by atoms with Gasteiger partial charge in [-0.3, -0.25) is 0 Å². The van der Waals surface area contributed by atoms with E-state index in [0.29, 0.717) is 0 Å². The zero-order chi connectivity index (χ0) is 10.3. The van der Waals surface area contributed by atoms with Gasteiger partial charge < -0.3 is 10.6 Å². The lowest BCUT2D eigenvalue weighted by molar-refractivity contribution is 0.824. The summed E-state index contributed by atoms with van der Waals surface area (Å²) in [6.07, 6.45) is 2.62. The lowest BCUT2D eigenvalue weighted by Crippen LogP contribution is -2.18. The number of rotatable bonds is 3. The molecule has 1 unspecified atom stereocenters. The number of aromatic nitrogens is 1. The molecule has 1 fully saturated rings. The van der Waals surface area contributed by atoms with Crippen LogP contribution in [-0.2, 0) is 0 Å². The molecule has 1 aliphatic carbocycles. The predicted octanol–water partition coefficient (Wildman–Crippen LogP) is 2.07. The quantitative estimate of drug-likeness (QED) is 0.832. The zero-order valence-electron chi connectivity index (χ0n) is 8.95. The first kappa shape index (κ1) is 9.93. The third kappa shape index (κ3) is 1.77. The van der Waals surface area contributed by atoms with Crippen LogP contribution in [0, 0.1) is 6.92 Å². The molecule has 0 saturated heterocycles. The van der Waals surface area contributed by atoms with Crippen LogP contribution in [0.3, 0.4) is 0 Å². The van der Waals surface area contributed by atoms with E-state index >= 15 is 0 Å². The van der Waals surface area contributed by atoms with Gasteiger partial charge in [-0.25, -0.2) is 4.98 Å². The van der Waals surface area contributed by atoms with Crippen LogP contribution in [-0.4, -0.2) is 18.1 Å². The van der Waals surface area contributed by atoms with E-state index in [9.17, 15) is 0 Å². The molecule has 0 amide bonds. The first-order valence-corrected chi connectivity index (χ1v) is 5.87. The minimum absolute atomic E-state index is 0.105. The first-order valence-electron chi connectivity index (χ1n) is 5.05. The van der Waals surface area contributed by atoms with Gasteiger partial charge in [0.25, 0.3) is 0 Å². The van der Waals surface area contributed by atoms with Gasteiger partial charge in [0.05, 0.1) is 5.69 Å². The number of hydrogen-bond donors (Lipinski definition) is 1. The zero-order valence-corrected chi connectivity index (χ0v) is 9.77. The molecule has 4 heteroatoms. The fourth-order valence-electron chi connectivity index (χ4n) is 1.58. The number of thiazole rings is 1. The molecular formula is C10H17N3S. The summed E-state index contributed by atoms with van der Waals surface area (Å²) in [5.41, 5.74) is 6.96. The average Bonchev–Trinajstić information content (AvgIpc) is 2.88. The Hall–Kier alpha value is -0.610. The molecule has 1 heterocycles. The SMILES string of the molecule is Cc1nc(N(C)C2CC2)sc1C(C)N. The van der Waals surface area contributed by atoms with Crippen molar-refractivity contribution in [1.29, 1.82) is 0 Å². The van der Waals surface area contributed by atoms with Crippen molar-refractivity contribution in [3.05, 3.63) is 10.6 Å². The molecule has 2 rings (SSSR count). The summed E-state index contributed by atoms with van der Waals surface area (Å²) in [5.74, 6) is 0. The van der Waals surface area contributed by atoms with Crippen molar-refractivity contribution >= 4 is 16.5 Å². The molecule has 78 valence electrons. The van der Waals surface area contributed by atoms with Crippen molar-refractivity contribution in [1.82, 2.24) is 4.98 Å². The van der Waals surface area contributed by atoms with Crippen LogP contribution in [0.2, 0.25) is 0 Å². The number of nitrogens with zero attached hydrogens (tertiary/aromatic N) is 2. The lowest BCUT2D eigenvalue weighted by Gasteiger charge is -2.13. The molecule has 1 saturated carbocycles. The molecule has 0 spiro atoms. The Morgan fingerprint density at radius 3 is 2.64 bits per heavy atom. The number of anilines is 1. The van der Waals surface area contributed by atoms with Crippen molar-refractivity contribution < 1.29 is 0 Å². The molecule has 0 bridgehead atoms. The van der Waals surface area contributed by atoms with E-state index in [-0.39, 0.29) is 6.04 Å². The highest BCUT2D eigenvalue weighted by Gasteiger charge is 2.28. The van der Waals surface area contributed by atoms with Crippen LogP contribution in [0.25, 0.3) is 0 Å². The minimum Gasteiger partial charge on any atom is -0.348 e. The molecule has 0 radical (unpaired) electrons. The van der Waals surface area contributed by atoms with Crippen LogP contribution in [0.15, 0.2) is 0 Å². The maximum Gasteiger partial charge on any atom is 0.185 e. The third-order valence-electron chi connectivity index (χ3n) is 2.63. The molecule has 14 heavy (non-hydrogen) atoms. The van der Waals surface area contributed by atoms with E-state index in [2.05, 4.69) is 16.9 Å². The molecule has 1 aromatic heterocycles. The van der Waals surface area contributed by atoms with Crippen molar-refractivity contribution in [3.8, 4) is 0 Å². The molecule has 3 nitrogen and oxygen atoms in total. The van der Waals surface area contributed by atoms with Crippen molar-refractivity contribution in [3.63, 3.8) is 0 Å². The van der Waals surface area contributed by atoms with E-state index in [1.165, 1.54) is 17.7 Å². The second-order valence-corrected chi connectivity index (χ2v) is 5.09. The highest BCUT2D eigenvalue weighted by atomic mass is 32.1. The van der Waals surface area contributed by atoms with Gasteiger partial charge in [-0.1, -0.05) is 0 Å². The smallest absolute Gasteiger partial charge is 0.185 e. The summed E-state index contributed by atoms with van der Waals surface area (Å²) < 4.78 is 0. The van der Waals surface area contributed by atoms with Gasteiger partial charge in [0.2, 0.25) is 0 Å². The second kappa shape index (κ2) is 3.51. The normalized spacial score (nSPS) is 18.3. The van der Waals surface area contributed by atoms with Crippen molar-refractivity contribution in [2.24, 2.45) is 5.73 Å². The Bertz CT molecular complexity index is 328. The predicted molar refractivity (Wildman–Crippen MR) is 60.9 cm³/mol. The minimum atomic E-state index is 0.105. The first-order chi connectivity index (χ1) is 6.59. The maximum atomic E-state index is 5.87. The fourth-order valence-corrected chi connectivity index (χ4v) is 2.64. The standard InChI is InChI=1S/C10H17N3S/c1-6(11)9-7(2)12-10(14-9)13(3)8-4-5-8/h6,8H,4-5,11H2,1-3H3. The lowest BCUT2D eigenvalue weighted by atomic mass is 10.2. The van der Waals surface area contributed by atoms with Crippen LogP contribution >= 0.6 is 11.3 Å². The number of nitrogens with two attached hydrogens (primary N) is 1. The van der Waals surface area contributed by atoms with Gasteiger partial charge in [-0.15, -0.1) is 11.3 Å². The molecule has 0 aliphatic heterocycles. The van der Waals surface area contributed by atoms with Gasteiger partial charge >= 0.3 is 0 Å². The van der Waals surface area contributed by atoms with Crippen LogP contribution < -0.4 is 10.6 Å². The van der Waals surface area contributed by atoms with Crippen LogP contribution in [0.4, 0.5) is 5.13 Å². The Balaban J connectivity index is 2.22. The fraction of sp³-hybridized carbons (Fsp3) is 0.700. The van der Waals surface area contributed by atoms with E-state index in [1.54, 1.807) is 11.3 Å². The Morgan fingerprint density at radius 1 is 1.57 bits per heavy atom. The van der Waals surface area contributed by atoms with Gasteiger partial charge in [0, 0.05) is 24.0 Å². The van der Waals surface area contributed by atoms with Gasteiger partial charge in [0.1, 0.15) is 0 Å². The summed E-state index contributed by atoms with van der Waals surface area (Å²) in [7, 11) is 2.13. The van der Waals surface area contributed by atoms with Crippen molar-refractivity contribution in [2.45, 2.75) is 38.8 Å². The molecular weight excluding hydrogens is 194 g/mol. The highest BCUT2D eigenvalue weighted by Crippen LogP contribution is 2.35. The topological polar surface area (TPSA) is 42.2 Å². The molecule has 1 aromatic rings. The average molecular weight is 211 g/mol. The summed E-state index contributed by atoms with van der Waals surface area (Å²) in [5, 5.41) is 1.12. The van der Waals surface area contributed by atoms with Gasteiger partial charge in [0.15, 0.2) is 5.13 Å². The molecule has 1 aliphatic rings. The van der Waals surface area contributed by atoms with E-state index in [0.717, 1.165) is 16.9 Å². The monoisotopic (exact) mass is 211 g/mol. The summed E-state index contributed by atoms with van der Waals surface area (Å²) in [6.45, 7) is 4.06. The number of aryl methyl sites for hydroxylation is 1. The Kier molecular flexibility index (Phi) is 2.49. The molecule has 1 atom stereocenters. The summed E-state index contributed by atoms with van der Waals surface area (Å²) >= 11 is 1.73. The van der Waals surface area contributed by atoms with E-state index < -0.39 is 0 Å². The Labute approximate surface area is 88.9 Å². The number of hydrogen-bond acceptors (Lipinski definition) is 4. The molecule has 0 aromatic carbocycles. The second-order valence-electron chi connectivity index (χ2n) is 4.08. The largest absolute Gasteiger partial charge is 0.348 e. The maximum absolute atomic E-state index is 5.87. The highest BCUT2D eigenvalue weighted by molar-refractivity contribution is 7.15. The summed E-state index contributed by atoms with van der Waals surface area (Å²) in [6, 6.07) is 0.829. The third-order valence-corrected chi connectivity index (χ3v) is 4.08. The van der Waals surface area contributed by atoms with Gasteiger partial charge in [-0.2, -0.15) is 0 Å². The Morgan fingerprint density at radius 2 is 2.21 bits per heavy atom.